The van der Waals surface area contributed by atoms with Gasteiger partial charge in [0.2, 0.25) is 11.8 Å². The van der Waals surface area contributed by atoms with Crippen molar-refractivity contribution < 1.29 is 18.7 Å². The van der Waals surface area contributed by atoms with Crippen LogP contribution in [0.15, 0.2) is 17.0 Å². The first-order valence-corrected chi connectivity index (χ1v) is 9.60. The first-order valence-electron chi connectivity index (χ1n) is 9.60. The predicted molar refractivity (Wildman–Crippen MR) is 91.0 cm³/mol. The molecule has 0 aromatic carbocycles. The molecule has 2 saturated heterocycles. The maximum absolute atomic E-state index is 12.9. The van der Waals surface area contributed by atoms with Crippen molar-refractivity contribution in [3.8, 4) is 0 Å². The molecule has 1 aromatic heterocycles. The molecule has 7 nitrogen and oxygen atoms in total. The zero-order valence-electron chi connectivity index (χ0n) is 15.1. The SMILES string of the molecule is CC1CN(C(=O)C2CC23CC3)CC2(CCN(C(=O)Cc3cnco3)C2)O1. The normalized spacial score (nSPS) is 34.5. The van der Waals surface area contributed by atoms with Crippen LogP contribution in [0.2, 0.25) is 0 Å². The highest BCUT2D eigenvalue weighted by molar-refractivity contribution is 5.84. The molecule has 2 aliphatic heterocycles. The summed E-state index contributed by atoms with van der Waals surface area (Å²) in [5.41, 5.74) is -0.0451. The molecule has 4 aliphatic rings. The summed E-state index contributed by atoms with van der Waals surface area (Å²) in [6, 6.07) is 0. The Labute approximate surface area is 152 Å². The number of amides is 2. The summed E-state index contributed by atoms with van der Waals surface area (Å²) in [4.78, 5) is 33.2. The van der Waals surface area contributed by atoms with Crippen LogP contribution in [-0.4, -0.2) is 64.5 Å². The van der Waals surface area contributed by atoms with Gasteiger partial charge in [-0.05, 0) is 38.0 Å². The molecule has 0 N–H and O–H groups in total. The van der Waals surface area contributed by atoms with Crippen molar-refractivity contribution in [2.24, 2.45) is 11.3 Å². The Kier molecular flexibility index (Phi) is 3.48. The number of hydrogen-bond donors (Lipinski definition) is 0. The van der Waals surface area contributed by atoms with Gasteiger partial charge < -0.3 is 19.0 Å². The van der Waals surface area contributed by atoms with Gasteiger partial charge in [0.25, 0.3) is 0 Å². The number of likely N-dealkylation sites (tertiary alicyclic amines) is 1. The number of aromatic nitrogens is 1. The van der Waals surface area contributed by atoms with E-state index >= 15 is 0 Å². The Morgan fingerprint density at radius 2 is 2.08 bits per heavy atom. The van der Waals surface area contributed by atoms with Crippen LogP contribution in [0.1, 0.15) is 38.4 Å². The molecule has 0 radical (unpaired) electrons. The molecule has 3 atom stereocenters. The molecule has 2 saturated carbocycles. The van der Waals surface area contributed by atoms with Crippen molar-refractivity contribution >= 4 is 11.8 Å². The lowest BCUT2D eigenvalue weighted by Gasteiger charge is -2.43. The summed E-state index contributed by atoms with van der Waals surface area (Å²) in [5, 5.41) is 0. The van der Waals surface area contributed by atoms with Gasteiger partial charge in [-0.15, -0.1) is 0 Å². The molecule has 5 rings (SSSR count). The van der Waals surface area contributed by atoms with Crippen LogP contribution >= 0.6 is 0 Å². The molecule has 4 fully saturated rings. The fourth-order valence-electron chi connectivity index (χ4n) is 4.90. The van der Waals surface area contributed by atoms with Gasteiger partial charge in [0.15, 0.2) is 6.39 Å². The number of oxazole rings is 1. The van der Waals surface area contributed by atoms with Crippen molar-refractivity contribution in [1.29, 1.82) is 0 Å². The van der Waals surface area contributed by atoms with Crippen LogP contribution in [0.25, 0.3) is 0 Å². The van der Waals surface area contributed by atoms with Crippen molar-refractivity contribution in [2.75, 3.05) is 26.2 Å². The van der Waals surface area contributed by atoms with Crippen LogP contribution in [0, 0.1) is 11.3 Å². The number of rotatable bonds is 3. The number of nitrogens with zero attached hydrogens (tertiary/aromatic N) is 3. The third kappa shape index (κ3) is 2.73. The van der Waals surface area contributed by atoms with E-state index in [2.05, 4.69) is 4.98 Å². The van der Waals surface area contributed by atoms with Crippen molar-refractivity contribution in [1.82, 2.24) is 14.8 Å². The molecular weight excluding hydrogens is 334 g/mol. The van der Waals surface area contributed by atoms with Crippen LogP contribution in [0.5, 0.6) is 0 Å². The second-order valence-corrected chi connectivity index (χ2v) is 8.66. The monoisotopic (exact) mass is 359 g/mol. The van der Waals surface area contributed by atoms with Crippen molar-refractivity contribution in [3.63, 3.8) is 0 Å². The standard InChI is InChI=1S/C19H25N3O4/c1-13-9-22(17(24)15-7-18(15)2-3-18)11-19(26-13)4-5-21(10-19)16(23)6-14-8-20-12-25-14/h8,12-13,15H,2-7,9-11H2,1H3. The van der Waals surface area contributed by atoms with Gasteiger partial charge in [-0.3, -0.25) is 9.59 Å². The van der Waals surface area contributed by atoms with Crippen LogP contribution < -0.4 is 0 Å². The van der Waals surface area contributed by atoms with Gasteiger partial charge in [-0.25, -0.2) is 4.98 Å². The topological polar surface area (TPSA) is 75.9 Å². The Morgan fingerprint density at radius 1 is 1.27 bits per heavy atom. The summed E-state index contributed by atoms with van der Waals surface area (Å²) >= 11 is 0. The van der Waals surface area contributed by atoms with Gasteiger partial charge in [0.05, 0.1) is 31.8 Å². The molecule has 2 aliphatic carbocycles. The van der Waals surface area contributed by atoms with E-state index in [4.69, 9.17) is 9.15 Å². The van der Waals surface area contributed by atoms with Crippen LogP contribution in [-0.2, 0) is 20.7 Å². The average molecular weight is 359 g/mol. The van der Waals surface area contributed by atoms with E-state index in [9.17, 15) is 9.59 Å². The Hall–Kier alpha value is -1.89. The van der Waals surface area contributed by atoms with E-state index in [1.54, 1.807) is 6.20 Å². The summed E-state index contributed by atoms with van der Waals surface area (Å²) in [7, 11) is 0. The maximum atomic E-state index is 12.9. The van der Waals surface area contributed by atoms with E-state index < -0.39 is 5.60 Å². The number of carbonyl (C=O) groups is 2. The van der Waals surface area contributed by atoms with E-state index in [1.807, 2.05) is 16.7 Å². The molecule has 3 heterocycles. The lowest BCUT2D eigenvalue weighted by atomic mass is 9.98. The Balaban J connectivity index is 1.25. The Bertz CT molecular complexity index is 729. The molecule has 3 unspecified atom stereocenters. The predicted octanol–water partition coefficient (Wildman–Crippen LogP) is 1.24. The molecule has 140 valence electrons. The third-order valence-corrected chi connectivity index (χ3v) is 6.58. The molecule has 2 amide bonds. The van der Waals surface area contributed by atoms with Gasteiger partial charge in [0, 0.05) is 19.0 Å². The van der Waals surface area contributed by atoms with Crippen molar-refractivity contribution in [2.45, 2.75) is 50.7 Å². The smallest absolute Gasteiger partial charge is 0.230 e. The fourth-order valence-corrected chi connectivity index (χ4v) is 4.90. The molecular formula is C19H25N3O4. The van der Waals surface area contributed by atoms with Gasteiger partial charge in [-0.2, -0.15) is 0 Å². The van der Waals surface area contributed by atoms with Gasteiger partial charge in [0.1, 0.15) is 11.4 Å². The van der Waals surface area contributed by atoms with E-state index in [0.717, 1.165) is 12.8 Å². The summed E-state index contributed by atoms with van der Waals surface area (Å²) in [5.74, 6) is 1.16. The number of morpholine rings is 1. The van der Waals surface area contributed by atoms with Crippen molar-refractivity contribution in [3.05, 3.63) is 18.4 Å². The highest BCUT2D eigenvalue weighted by Gasteiger charge is 2.67. The maximum Gasteiger partial charge on any atom is 0.230 e. The Morgan fingerprint density at radius 3 is 2.77 bits per heavy atom. The minimum atomic E-state index is -0.421. The first-order chi connectivity index (χ1) is 12.5. The molecule has 0 bridgehead atoms. The zero-order chi connectivity index (χ0) is 17.9. The van der Waals surface area contributed by atoms with E-state index in [1.165, 1.54) is 19.2 Å². The van der Waals surface area contributed by atoms with Crippen LogP contribution in [0.4, 0.5) is 0 Å². The highest BCUT2D eigenvalue weighted by atomic mass is 16.5. The van der Waals surface area contributed by atoms with Gasteiger partial charge >= 0.3 is 0 Å². The second-order valence-electron chi connectivity index (χ2n) is 8.66. The third-order valence-electron chi connectivity index (χ3n) is 6.58. The zero-order valence-corrected chi connectivity index (χ0v) is 15.1. The van der Waals surface area contributed by atoms with Crippen LogP contribution in [0.3, 0.4) is 0 Å². The second kappa shape index (κ2) is 5.55. The minimum absolute atomic E-state index is 0.00549. The summed E-state index contributed by atoms with van der Waals surface area (Å²) < 4.78 is 11.5. The molecule has 26 heavy (non-hydrogen) atoms. The number of ether oxygens (including phenoxy) is 1. The lowest BCUT2D eigenvalue weighted by Crippen LogP contribution is -2.58. The first kappa shape index (κ1) is 16.3. The van der Waals surface area contributed by atoms with E-state index in [0.29, 0.717) is 43.3 Å². The fraction of sp³-hybridized carbons (Fsp3) is 0.737. The molecule has 1 aromatic rings. The number of hydrogen-bond acceptors (Lipinski definition) is 5. The minimum Gasteiger partial charge on any atom is -0.448 e. The quantitative estimate of drug-likeness (QED) is 0.811. The number of carbonyl (C=O) groups excluding carboxylic acids is 2. The average Bonchev–Trinajstić information content (AvgIpc) is 3.42. The lowest BCUT2D eigenvalue weighted by molar-refractivity contribution is -0.165. The summed E-state index contributed by atoms with van der Waals surface area (Å²) in [6.07, 6.45) is 7.44. The summed E-state index contributed by atoms with van der Waals surface area (Å²) in [6.45, 7) is 4.51. The highest BCUT2D eigenvalue weighted by Crippen LogP contribution is 2.71. The van der Waals surface area contributed by atoms with Gasteiger partial charge in [-0.1, -0.05) is 0 Å². The largest absolute Gasteiger partial charge is 0.448 e. The molecule has 2 spiro atoms. The van der Waals surface area contributed by atoms with E-state index in [-0.39, 0.29) is 24.3 Å². The molecule has 7 heteroatoms.